The fourth-order valence-electron chi connectivity index (χ4n) is 5.50. The van der Waals surface area contributed by atoms with Crippen LogP contribution in [-0.2, 0) is 6.54 Å². The monoisotopic (exact) mass is 463 g/mol. The van der Waals surface area contributed by atoms with Crippen LogP contribution in [0, 0.1) is 5.92 Å². The molecule has 6 nitrogen and oxygen atoms in total. The molecular weight excluding hydrogens is 438 g/mol. The van der Waals surface area contributed by atoms with Crippen molar-refractivity contribution < 1.29 is 9.59 Å². The number of nitrogens with one attached hydrogen (secondary N) is 1. The molecule has 1 fully saturated rings. The molecule has 2 unspecified atom stereocenters. The number of fused-ring (bicyclic) bond motifs is 5. The number of hydrogen-bond acceptors (Lipinski definition) is 3. The average molecular weight is 464 g/mol. The average Bonchev–Trinajstić information content (AvgIpc) is 2.90. The van der Waals surface area contributed by atoms with Crippen LogP contribution >= 0.6 is 0 Å². The van der Waals surface area contributed by atoms with Crippen LogP contribution in [0.3, 0.4) is 0 Å². The lowest BCUT2D eigenvalue weighted by molar-refractivity contribution is 0.0594. The van der Waals surface area contributed by atoms with Gasteiger partial charge in [0.2, 0.25) is 0 Å². The van der Waals surface area contributed by atoms with Crippen molar-refractivity contribution >= 4 is 28.3 Å². The third kappa shape index (κ3) is 3.91. The highest BCUT2D eigenvalue weighted by atomic mass is 16.2. The van der Waals surface area contributed by atoms with Crippen molar-refractivity contribution in [3.8, 4) is 0 Å². The minimum Gasteiger partial charge on any atom is -0.338 e. The number of pyridine rings is 1. The summed E-state index contributed by atoms with van der Waals surface area (Å²) in [5, 5.41) is 4.94. The van der Waals surface area contributed by atoms with Crippen LogP contribution in [-0.4, -0.2) is 34.4 Å². The van der Waals surface area contributed by atoms with E-state index in [-0.39, 0.29) is 34.9 Å². The Bertz CT molecular complexity index is 1510. The molecule has 1 N–H and O–H groups in total. The smallest absolute Gasteiger partial charge is 0.274 e. The van der Waals surface area contributed by atoms with Crippen molar-refractivity contribution in [1.29, 1.82) is 0 Å². The second kappa shape index (κ2) is 8.55. The van der Waals surface area contributed by atoms with Crippen molar-refractivity contribution in [2.45, 2.75) is 18.9 Å². The topological polar surface area (TPSA) is 71.4 Å². The second-order valence-electron chi connectivity index (χ2n) is 9.48. The summed E-state index contributed by atoms with van der Waals surface area (Å²) < 4.78 is 1.79. The number of hydrogen-bond donors (Lipinski definition) is 1. The van der Waals surface area contributed by atoms with E-state index in [0.29, 0.717) is 30.8 Å². The lowest BCUT2D eigenvalue weighted by Gasteiger charge is -2.43. The number of likely N-dealkylation sites (tertiary alicyclic amines) is 1. The second-order valence-corrected chi connectivity index (χ2v) is 9.48. The predicted octanol–water partition coefficient (Wildman–Crippen LogP) is 4.51. The molecule has 0 radical (unpaired) electrons. The number of anilines is 1. The molecule has 3 heterocycles. The maximum Gasteiger partial charge on any atom is 0.274 e. The number of carbonyl (C=O) groups excluding carboxylic acids is 2. The van der Waals surface area contributed by atoms with Gasteiger partial charge in [-0.3, -0.25) is 14.4 Å². The molecule has 2 aliphatic heterocycles. The van der Waals surface area contributed by atoms with Crippen LogP contribution in [0.25, 0.3) is 10.8 Å². The number of aromatic nitrogens is 1. The zero-order valence-electron chi connectivity index (χ0n) is 19.2. The Balaban J connectivity index is 1.24. The van der Waals surface area contributed by atoms with Crippen molar-refractivity contribution in [2.24, 2.45) is 5.92 Å². The largest absolute Gasteiger partial charge is 0.338 e. The van der Waals surface area contributed by atoms with E-state index in [4.69, 9.17) is 0 Å². The number of piperidine rings is 1. The van der Waals surface area contributed by atoms with Crippen molar-refractivity contribution in [1.82, 2.24) is 9.47 Å². The molecule has 4 aromatic rings. The van der Waals surface area contributed by atoms with Gasteiger partial charge in [0.05, 0.1) is 0 Å². The number of benzene rings is 3. The molecule has 6 heteroatoms. The van der Waals surface area contributed by atoms with Gasteiger partial charge in [-0.2, -0.15) is 0 Å². The SMILES string of the molecule is O=C(Nc1ccc2n(c1=O)CC1CC2CN(C(=O)c2ccc3ccccc3c2)C1)c1ccccc1. The van der Waals surface area contributed by atoms with Crippen molar-refractivity contribution in [3.05, 3.63) is 112 Å². The molecule has 35 heavy (non-hydrogen) atoms. The highest BCUT2D eigenvalue weighted by Gasteiger charge is 2.37. The van der Waals surface area contributed by atoms with Crippen LogP contribution in [0.15, 0.2) is 89.7 Å². The first kappa shape index (κ1) is 21.4. The van der Waals surface area contributed by atoms with Crippen LogP contribution in [0.5, 0.6) is 0 Å². The molecular formula is C29H25N3O3. The predicted molar refractivity (Wildman–Crippen MR) is 136 cm³/mol. The van der Waals surface area contributed by atoms with Gasteiger partial charge in [-0.15, -0.1) is 0 Å². The Hall–Kier alpha value is -4.19. The van der Waals surface area contributed by atoms with Crippen LogP contribution in [0.2, 0.25) is 0 Å². The first-order valence-electron chi connectivity index (χ1n) is 11.9. The van der Waals surface area contributed by atoms with Gasteiger partial charge in [-0.1, -0.05) is 48.5 Å². The molecule has 1 aromatic heterocycles. The molecule has 0 aliphatic carbocycles. The number of nitrogens with zero attached hydrogens (tertiary/aromatic N) is 2. The highest BCUT2D eigenvalue weighted by molar-refractivity contribution is 6.04. The Morgan fingerprint density at radius 3 is 2.37 bits per heavy atom. The van der Waals surface area contributed by atoms with Crippen molar-refractivity contribution in [2.75, 3.05) is 18.4 Å². The Morgan fingerprint density at radius 2 is 1.54 bits per heavy atom. The summed E-state index contributed by atoms with van der Waals surface area (Å²) >= 11 is 0. The third-order valence-electron chi connectivity index (χ3n) is 7.17. The molecule has 3 aromatic carbocycles. The molecule has 6 rings (SSSR count). The van der Waals surface area contributed by atoms with Gasteiger partial charge in [0.15, 0.2) is 0 Å². The van der Waals surface area contributed by atoms with Gasteiger partial charge in [0.25, 0.3) is 17.4 Å². The van der Waals surface area contributed by atoms with Crippen molar-refractivity contribution in [3.63, 3.8) is 0 Å². The van der Waals surface area contributed by atoms with Gasteiger partial charge in [0, 0.05) is 42.4 Å². The molecule has 2 bridgehead atoms. The van der Waals surface area contributed by atoms with Crippen LogP contribution in [0.4, 0.5) is 5.69 Å². The minimum atomic E-state index is -0.300. The molecule has 1 saturated heterocycles. The van der Waals surface area contributed by atoms with E-state index in [0.717, 1.165) is 22.9 Å². The van der Waals surface area contributed by atoms with Gasteiger partial charge in [-0.25, -0.2) is 0 Å². The lowest BCUT2D eigenvalue weighted by Crippen LogP contribution is -2.49. The van der Waals surface area contributed by atoms with E-state index in [1.165, 1.54) is 0 Å². The summed E-state index contributed by atoms with van der Waals surface area (Å²) in [5.74, 6) is 0.0290. The van der Waals surface area contributed by atoms with E-state index in [1.54, 1.807) is 34.9 Å². The summed E-state index contributed by atoms with van der Waals surface area (Å²) in [4.78, 5) is 41.1. The van der Waals surface area contributed by atoms with E-state index in [2.05, 4.69) is 5.32 Å². The molecule has 0 saturated carbocycles. The summed E-state index contributed by atoms with van der Waals surface area (Å²) in [6, 6.07) is 26.4. The summed E-state index contributed by atoms with van der Waals surface area (Å²) in [7, 11) is 0. The van der Waals surface area contributed by atoms with Gasteiger partial charge >= 0.3 is 0 Å². The maximum atomic E-state index is 13.4. The fourth-order valence-corrected chi connectivity index (χ4v) is 5.50. The normalized spacial score (nSPS) is 18.7. The molecule has 2 atom stereocenters. The summed E-state index contributed by atoms with van der Waals surface area (Å²) in [6.07, 6.45) is 0.955. The standard InChI is InChI=1S/C29H25N3O3/c33-27(21-7-2-1-3-8-21)30-25-12-13-26-24-14-19(17-32(26)29(25)35)16-31(18-24)28(34)23-11-10-20-6-4-5-9-22(20)15-23/h1-13,15,19,24H,14,16-18H2,(H,30,33). The van der Waals surface area contributed by atoms with Crippen LogP contribution < -0.4 is 10.9 Å². The minimum absolute atomic E-state index is 0.0352. The fraction of sp³-hybridized carbons (Fsp3) is 0.207. The Labute approximate surface area is 202 Å². The zero-order chi connectivity index (χ0) is 23.9. The van der Waals surface area contributed by atoms with Gasteiger partial charge in [-0.05, 0) is 59.5 Å². The molecule has 2 aliphatic rings. The van der Waals surface area contributed by atoms with Gasteiger partial charge < -0.3 is 14.8 Å². The first-order chi connectivity index (χ1) is 17.1. The number of carbonyl (C=O) groups is 2. The van der Waals surface area contributed by atoms with E-state index in [1.807, 2.05) is 59.5 Å². The van der Waals surface area contributed by atoms with E-state index >= 15 is 0 Å². The molecule has 2 amide bonds. The summed E-state index contributed by atoms with van der Waals surface area (Å²) in [5.41, 5.74) is 2.23. The quantitative estimate of drug-likeness (QED) is 0.486. The zero-order valence-corrected chi connectivity index (χ0v) is 19.2. The molecule has 174 valence electrons. The number of amides is 2. The first-order valence-corrected chi connectivity index (χ1v) is 11.9. The third-order valence-corrected chi connectivity index (χ3v) is 7.17. The van der Waals surface area contributed by atoms with Crippen LogP contribution in [0.1, 0.15) is 38.7 Å². The van der Waals surface area contributed by atoms with E-state index < -0.39 is 0 Å². The highest BCUT2D eigenvalue weighted by Crippen LogP contribution is 2.36. The number of rotatable bonds is 3. The lowest BCUT2D eigenvalue weighted by atomic mass is 9.83. The maximum absolute atomic E-state index is 13.4. The van der Waals surface area contributed by atoms with Gasteiger partial charge in [0.1, 0.15) is 5.69 Å². The van der Waals surface area contributed by atoms with E-state index in [9.17, 15) is 14.4 Å². The molecule has 0 spiro atoms. The summed E-state index contributed by atoms with van der Waals surface area (Å²) in [6.45, 7) is 1.74. The Morgan fingerprint density at radius 1 is 0.771 bits per heavy atom. The Kier molecular flexibility index (Phi) is 5.21.